The van der Waals surface area contributed by atoms with E-state index in [9.17, 15) is 14.4 Å². The monoisotopic (exact) mass is 506 g/mol. The second kappa shape index (κ2) is 8.80. The van der Waals surface area contributed by atoms with E-state index >= 15 is 0 Å². The lowest BCUT2D eigenvalue weighted by Crippen LogP contribution is -2.29. The summed E-state index contributed by atoms with van der Waals surface area (Å²) in [6.07, 6.45) is 0. The molecule has 1 aromatic heterocycles. The van der Waals surface area contributed by atoms with Crippen LogP contribution in [0.1, 0.15) is 46.5 Å². The van der Waals surface area contributed by atoms with Crippen molar-refractivity contribution in [1.29, 1.82) is 0 Å². The van der Waals surface area contributed by atoms with Gasteiger partial charge in [0.1, 0.15) is 0 Å². The fourth-order valence-electron chi connectivity index (χ4n) is 4.01. The SMILES string of the molecule is Cc1nc(-c2ccc(Cl)cc2C(=O)c2ccccc2Cl)c(CN2C(=O)c3ccccc3C2=O)s1. The fourth-order valence-corrected chi connectivity index (χ4v) is 5.35. The van der Waals surface area contributed by atoms with Gasteiger partial charge in [-0.15, -0.1) is 11.3 Å². The number of aromatic nitrogens is 1. The van der Waals surface area contributed by atoms with Crippen LogP contribution in [0.25, 0.3) is 11.3 Å². The zero-order valence-electron chi connectivity index (χ0n) is 17.8. The van der Waals surface area contributed by atoms with Crippen LogP contribution in [0, 0.1) is 6.92 Å². The Balaban J connectivity index is 1.58. The van der Waals surface area contributed by atoms with Crippen LogP contribution in [0.2, 0.25) is 10.0 Å². The molecule has 3 aromatic carbocycles. The quantitative estimate of drug-likeness (QED) is 0.230. The van der Waals surface area contributed by atoms with E-state index in [2.05, 4.69) is 4.98 Å². The Morgan fingerprint density at radius 2 is 1.53 bits per heavy atom. The fraction of sp³-hybridized carbons (Fsp3) is 0.0769. The maximum Gasteiger partial charge on any atom is 0.261 e. The van der Waals surface area contributed by atoms with Crippen molar-refractivity contribution in [2.75, 3.05) is 0 Å². The zero-order valence-corrected chi connectivity index (χ0v) is 20.2. The molecule has 0 N–H and O–H groups in total. The van der Waals surface area contributed by atoms with Gasteiger partial charge >= 0.3 is 0 Å². The summed E-state index contributed by atoms with van der Waals surface area (Å²) in [6.45, 7) is 1.89. The molecule has 34 heavy (non-hydrogen) atoms. The van der Waals surface area contributed by atoms with Crippen LogP contribution < -0.4 is 0 Å². The number of aryl methyl sites for hydroxylation is 1. The number of carbonyl (C=O) groups is 3. The van der Waals surface area contributed by atoms with Crippen LogP contribution in [0.5, 0.6) is 0 Å². The van der Waals surface area contributed by atoms with Crippen molar-refractivity contribution in [2.45, 2.75) is 13.5 Å². The summed E-state index contributed by atoms with van der Waals surface area (Å²) < 4.78 is 0. The Labute approximate surface area is 209 Å². The van der Waals surface area contributed by atoms with Crippen molar-refractivity contribution in [3.63, 3.8) is 0 Å². The number of hydrogen-bond acceptors (Lipinski definition) is 5. The highest BCUT2D eigenvalue weighted by molar-refractivity contribution is 7.12. The lowest BCUT2D eigenvalue weighted by Gasteiger charge is -2.15. The highest BCUT2D eigenvalue weighted by Crippen LogP contribution is 2.36. The third-order valence-corrected chi connectivity index (χ3v) is 7.10. The molecular weight excluding hydrogens is 491 g/mol. The largest absolute Gasteiger partial charge is 0.289 e. The summed E-state index contributed by atoms with van der Waals surface area (Å²) >= 11 is 13.9. The molecule has 2 heterocycles. The molecule has 0 atom stereocenters. The molecule has 8 heteroatoms. The van der Waals surface area contributed by atoms with E-state index in [1.807, 2.05) is 6.92 Å². The van der Waals surface area contributed by atoms with Crippen molar-refractivity contribution in [2.24, 2.45) is 0 Å². The van der Waals surface area contributed by atoms with E-state index in [4.69, 9.17) is 23.2 Å². The summed E-state index contributed by atoms with van der Waals surface area (Å²) in [6, 6.07) is 18.6. The van der Waals surface area contributed by atoms with Gasteiger partial charge in [0.25, 0.3) is 11.8 Å². The van der Waals surface area contributed by atoms with Crippen LogP contribution in [0.15, 0.2) is 66.7 Å². The molecule has 1 aliphatic heterocycles. The van der Waals surface area contributed by atoms with Crippen molar-refractivity contribution in [3.05, 3.63) is 109 Å². The lowest BCUT2D eigenvalue weighted by atomic mass is 9.96. The second-order valence-electron chi connectivity index (χ2n) is 7.75. The predicted molar refractivity (Wildman–Crippen MR) is 133 cm³/mol. The molecule has 2 amide bonds. The molecule has 0 unspecified atom stereocenters. The molecule has 5 nitrogen and oxygen atoms in total. The average Bonchev–Trinajstić information content (AvgIpc) is 3.31. The first-order valence-corrected chi connectivity index (χ1v) is 11.9. The van der Waals surface area contributed by atoms with Crippen LogP contribution >= 0.6 is 34.5 Å². The zero-order chi connectivity index (χ0) is 24.0. The molecule has 4 aromatic rings. The topological polar surface area (TPSA) is 67.3 Å². The first-order chi connectivity index (χ1) is 16.3. The van der Waals surface area contributed by atoms with E-state index in [1.165, 1.54) is 16.2 Å². The highest BCUT2D eigenvalue weighted by Gasteiger charge is 2.36. The van der Waals surface area contributed by atoms with Gasteiger partial charge in [-0.2, -0.15) is 0 Å². The molecule has 0 fully saturated rings. The Bertz CT molecular complexity index is 1460. The molecule has 0 aliphatic carbocycles. The molecule has 0 spiro atoms. The van der Waals surface area contributed by atoms with Crippen molar-refractivity contribution in [1.82, 2.24) is 9.88 Å². The van der Waals surface area contributed by atoms with Crippen molar-refractivity contribution in [3.8, 4) is 11.3 Å². The van der Waals surface area contributed by atoms with Gasteiger partial charge in [0.15, 0.2) is 5.78 Å². The first-order valence-electron chi connectivity index (χ1n) is 10.4. The van der Waals surface area contributed by atoms with E-state index in [0.29, 0.717) is 48.4 Å². The van der Waals surface area contributed by atoms with Gasteiger partial charge in [-0.25, -0.2) is 4.98 Å². The van der Waals surface area contributed by atoms with E-state index in [1.54, 1.807) is 66.7 Å². The predicted octanol–water partition coefficient (Wildman–Crippen LogP) is 6.45. The van der Waals surface area contributed by atoms with E-state index < -0.39 is 0 Å². The molecule has 1 aliphatic rings. The number of halogens is 2. The van der Waals surface area contributed by atoms with Gasteiger partial charge in [-0.1, -0.05) is 53.5 Å². The maximum atomic E-state index is 13.4. The minimum absolute atomic E-state index is 0.0511. The van der Waals surface area contributed by atoms with Crippen LogP contribution in [-0.2, 0) is 6.54 Å². The number of fused-ring (bicyclic) bond motifs is 1. The number of rotatable bonds is 5. The number of imide groups is 1. The van der Waals surface area contributed by atoms with E-state index in [-0.39, 0.29) is 24.1 Å². The minimum atomic E-state index is -0.346. The molecule has 0 radical (unpaired) electrons. The summed E-state index contributed by atoms with van der Waals surface area (Å²) in [5.41, 5.74) is 2.56. The standard InChI is InChI=1S/C26H16Cl2N2O3S/c1-14-29-23(22(34-14)13-30-25(32)17-6-2-3-7-18(17)26(30)33)16-11-10-15(27)12-20(16)24(31)19-8-4-5-9-21(19)28/h2-12H,13H2,1H3. The number of thiazole rings is 1. The molecule has 168 valence electrons. The van der Waals surface area contributed by atoms with Crippen LogP contribution in [-0.4, -0.2) is 27.5 Å². The Morgan fingerprint density at radius 3 is 2.21 bits per heavy atom. The number of benzene rings is 3. The Hall–Kier alpha value is -3.32. The number of amides is 2. The van der Waals surface area contributed by atoms with Crippen molar-refractivity contribution < 1.29 is 14.4 Å². The molecule has 5 rings (SSSR count). The molecular formula is C26H16Cl2N2O3S. The molecule has 0 bridgehead atoms. The lowest BCUT2D eigenvalue weighted by molar-refractivity contribution is 0.0643. The summed E-state index contributed by atoms with van der Waals surface area (Å²) in [7, 11) is 0. The van der Waals surface area contributed by atoms with Gasteiger partial charge in [-0.05, 0) is 43.3 Å². The first kappa shape index (κ1) is 22.5. The molecule has 0 saturated heterocycles. The van der Waals surface area contributed by atoms with Gasteiger partial charge in [-0.3, -0.25) is 19.3 Å². The van der Waals surface area contributed by atoms with Gasteiger partial charge in [0, 0.05) is 21.7 Å². The number of hydrogen-bond donors (Lipinski definition) is 0. The smallest absolute Gasteiger partial charge is 0.261 e. The van der Waals surface area contributed by atoms with Gasteiger partial charge < -0.3 is 0 Å². The second-order valence-corrected chi connectivity index (χ2v) is 9.88. The maximum absolute atomic E-state index is 13.4. The molecule has 0 saturated carbocycles. The van der Waals surface area contributed by atoms with Crippen LogP contribution in [0.3, 0.4) is 0 Å². The normalized spacial score (nSPS) is 12.9. The highest BCUT2D eigenvalue weighted by atomic mass is 35.5. The van der Waals surface area contributed by atoms with Gasteiger partial charge in [0.2, 0.25) is 0 Å². The van der Waals surface area contributed by atoms with Gasteiger partial charge in [0.05, 0.1) is 38.3 Å². The Kier molecular flexibility index (Phi) is 5.81. The third-order valence-electron chi connectivity index (χ3n) is 5.58. The Morgan fingerprint density at radius 1 is 0.882 bits per heavy atom. The number of nitrogens with zero attached hydrogens (tertiary/aromatic N) is 2. The summed E-state index contributed by atoms with van der Waals surface area (Å²) in [4.78, 5) is 45.8. The minimum Gasteiger partial charge on any atom is -0.289 e. The number of carbonyl (C=O) groups excluding carboxylic acids is 3. The average molecular weight is 507 g/mol. The third kappa shape index (κ3) is 3.84. The van der Waals surface area contributed by atoms with E-state index in [0.717, 1.165) is 5.01 Å². The van der Waals surface area contributed by atoms with Crippen molar-refractivity contribution >= 4 is 52.1 Å². The summed E-state index contributed by atoms with van der Waals surface area (Å²) in [5, 5.41) is 1.47. The van der Waals surface area contributed by atoms with Crippen LogP contribution in [0.4, 0.5) is 0 Å². The number of ketones is 1. The summed E-state index contributed by atoms with van der Waals surface area (Å²) in [5.74, 6) is -0.984.